The average molecular weight is 372 g/mol. The van der Waals surface area contributed by atoms with E-state index in [1.165, 1.54) is 0 Å². The molecule has 0 saturated heterocycles. The van der Waals surface area contributed by atoms with Crippen LogP contribution < -0.4 is 14.2 Å². The summed E-state index contributed by atoms with van der Waals surface area (Å²) in [5.74, 6) is 2.74. The minimum Gasteiger partial charge on any atom is -0.504 e. The van der Waals surface area contributed by atoms with E-state index >= 15 is 0 Å². The number of fused-ring (bicyclic) bond motifs is 1. The predicted octanol–water partition coefficient (Wildman–Crippen LogP) is 4.52. The number of hydrogen-bond donors (Lipinski definition) is 1. The van der Waals surface area contributed by atoms with E-state index in [2.05, 4.69) is 13.8 Å². The van der Waals surface area contributed by atoms with Crippen molar-refractivity contribution < 1.29 is 24.1 Å². The third-order valence-electron chi connectivity index (χ3n) is 5.88. The molecule has 0 radical (unpaired) electrons. The largest absolute Gasteiger partial charge is 0.504 e. The van der Waals surface area contributed by atoms with Gasteiger partial charge >= 0.3 is 0 Å². The van der Waals surface area contributed by atoms with E-state index in [0.717, 1.165) is 16.7 Å². The second-order valence-electron chi connectivity index (χ2n) is 7.12. The lowest BCUT2D eigenvalue weighted by molar-refractivity contribution is 0.0228. The smallest absolute Gasteiger partial charge is 0.161 e. The fourth-order valence-corrected chi connectivity index (χ4v) is 4.28. The highest BCUT2D eigenvalue weighted by molar-refractivity contribution is 5.54. The van der Waals surface area contributed by atoms with E-state index in [0.29, 0.717) is 29.1 Å². The minimum absolute atomic E-state index is 0.0231. The van der Waals surface area contributed by atoms with Gasteiger partial charge in [-0.15, -0.1) is 0 Å². The van der Waals surface area contributed by atoms with Gasteiger partial charge in [0, 0.05) is 13.0 Å². The molecule has 1 aliphatic carbocycles. The molecule has 0 aliphatic heterocycles. The highest BCUT2D eigenvalue weighted by atomic mass is 16.5. The van der Waals surface area contributed by atoms with Gasteiger partial charge in [-0.2, -0.15) is 0 Å². The Balaban J connectivity index is 2.23. The molecule has 4 unspecified atom stereocenters. The van der Waals surface area contributed by atoms with Crippen LogP contribution in [0.3, 0.4) is 0 Å². The zero-order valence-electron chi connectivity index (χ0n) is 16.8. The standard InChI is InChI=1S/C22H28O5/c1-12-13(2)22(27-6)16-11-20(26-5)19(25-4)10-15(16)21(12)14-7-8-17(23)18(9-14)24-3/h7-13,21-23H,1-6H3. The molecule has 3 rings (SSSR count). The van der Waals surface area contributed by atoms with Crippen LogP contribution in [0.1, 0.15) is 42.6 Å². The molecule has 1 aliphatic rings. The van der Waals surface area contributed by atoms with Crippen molar-refractivity contribution in [1.82, 2.24) is 0 Å². The Morgan fingerprint density at radius 2 is 1.33 bits per heavy atom. The molecule has 0 fully saturated rings. The average Bonchev–Trinajstić information content (AvgIpc) is 2.69. The molecule has 0 bridgehead atoms. The Hall–Kier alpha value is -2.40. The maximum atomic E-state index is 10.00. The monoisotopic (exact) mass is 372 g/mol. The minimum atomic E-state index is -0.0231. The van der Waals surface area contributed by atoms with Gasteiger partial charge in [0.25, 0.3) is 0 Å². The van der Waals surface area contributed by atoms with Crippen LogP contribution in [0.25, 0.3) is 0 Å². The van der Waals surface area contributed by atoms with Crippen molar-refractivity contribution in [1.29, 1.82) is 0 Å². The third-order valence-corrected chi connectivity index (χ3v) is 5.88. The van der Waals surface area contributed by atoms with Gasteiger partial charge in [0.05, 0.1) is 27.4 Å². The lowest BCUT2D eigenvalue weighted by Gasteiger charge is -2.41. The number of rotatable bonds is 5. The Morgan fingerprint density at radius 3 is 1.89 bits per heavy atom. The van der Waals surface area contributed by atoms with Crippen LogP contribution in [0.4, 0.5) is 0 Å². The van der Waals surface area contributed by atoms with E-state index in [4.69, 9.17) is 18.9 Å². The molecule has 0 spiro atoms. The fourth-order valence-electron chi connectivity index (χ4n) is 4.28. The summed E-state index contributed by atoms with van der Waals surface area (Å²) in [6.45, 7) is 4.45. The predicted molar refractivity (Wildman–Crippen MR) is 104 cm³/mol. The molecule has 5 nitrogen and oxygen atoms in total. The van der Waals surface area contributed by atoms with Crippen LogP contribution in [0.15, 0.2) is 30.3 Å². The SMILES string of the molecule is COc1cc(C2c3cc(OC)c(OC)cc3C(OC)C(C)C2C)ccc1O. The molecule has 0 amide bonds. The zero-order valence-corrected chi connectivity index (χ0v) is 16.8. The number of ether oxygens (including phenoxy) is 4. The summed E-state index contributed by atoms with van der Waals surface area (Å²) < 4.78 is 22.3. The molecule has 2 aromatic rings. The summed E-state index contributed by atoms with van der Waals surface area (Å²) in [5, 5.41) is 10.00. The first-order chi connectivity index (χ1) is 13.0. The van der Waals surface area contributed by atoms with Gasteiger partial charge in [-0.05, 0) is 52.8 Å². The van der Waals surface area contributed by atoms with Crippen LogP contribution >= 0.6 is 0 Å². The lowest BCUT2D eigenvalue weighted by atomic mass is 9.66. The number of phenols is 1. The second-order valence-corrected chi connectivity index (χ2v) is 7.12. The molecule has 0 saturated carbocycles. The van der Waals surface area contributed by atoms with E-state index in [1.54, 1.807) is 34.5 Å². The lowest BCUT2D eigenvalue weighted by Crippen LogP contribution is -2.31. The molecule has 146 valence electrons. The highest BCUT2D eigenvalue weighted by Crippen LogP contribution is 2.52. The number of aromatic hydroxyl groups is 1. The summed E-state index contributed by atoms with van der Waals surface area (Å²) >= 11 is 0. The van der Waals surface area contributed by atoms with Crippen molar-refractivity contribution in [2.24, 2.45) is 11.8 Å². The Labute approximate surface area is 160 Å². The van der Waals surface area contributed by atoms with Gasteiger partial charge in [0.2, 0.25) is 0 Å². The van der Waals surface area contributed by atoms with Crippen LogP contribution in [0, 0.1) is 11.8 Å². The molecular weight excluding hydrogens is 344 g/mol. The van der Waals surface area contributed by atoms with Crippen LogP contribution in [0.2, 0.25) is 0 Å². The Kier molecular flexibility index (Phi) is 5.51. The topological polar surface area (TPSA) is 57.2 Å². The van der Waals surface area contributed by atoms with Crippen LogP contribution in [0.5, 0.6) is 23.0 Å². The zero-order chi connectivity index (χ0) is 19.7. The summed E-state index contributed by atoms with van der Waals surface area (Å²) in [5.41, 5.74) is 3.35. The molecule has 2 aromatic carbocycles. The van der Waals surface area contributed by atoms with Crippen LogP contribution in [-0.2, 0) is 4.74 Å². The van der Waals surface area contributed by atoms with E-state index < -0.39 is 0 Å². The molecule has 27 heavy (non-hydrogen) atoms. The molecular formula is C22H28O5. The molecule has 4 atom stereocenters. The molecule has 1 N–H and O–H groups in total. The first-order valence-electron chi connectivity index (χ1n) is 9.12. The van der Waals surface area contributed by atoms with E-state index in [1.807, 2.05) is 24.3 Å². The Morgan fingerprint density at radius 1 is 0.741 bits per heavy atom. The molecule has 0 aromatic heterocycles. The van der Waals surface area contributed by atoms with Gasteiger partial charge in [-0.3, -0.25) is 0 Å². The normalized spacial score (nSPS) is 24.2. The van der Waals surface area contributed by atoms with Crippen molar-refractivity contribution in [2.75, 3.05) is 28.4 Å². The van der Waals surface area contributed by atoms with E-state index in [-0.39, 0.29) is 17.8 Å². The maximum absolute atomic E-state index is 10.00. The first-order valence-corrected chi connectivity index (χ1v) is 9.12. The van der Waals surface area contributed by atoms with Gasteiger partial charge in [0.1, 0.15) is 0 Å². The van der Waals surface area contributed by atoms with Gasteiger partial charge < -0.3 is 24.1 Å². The maximum Gasteiger partial charge on any atom is 0.161 e. The second kappa shape index (κ2) is 7.69. The van der Waals surface area contributed by atoms with Gasteiger partial charge in [-0.1, -0.05) is 19.9 Å². The quantitative estimate of drug-likeness (QED) is 0.836. The number of phenolic OH excluding ortho intramolecular Hbond substituents is 1. The summed E-state index contributed by atoms with van der Waals surface area (Å²) in [6.07, 6.45) is -0.0231. The Bertz CT molecular complexity index is 817. The highest BCUT2D eigenvalue weighted by Gasteiger charge is 2.40. The summed E-state index contributed by atoms with van der Waals surface area (Å²) in [4.78, 5) is 0. The van der Waals surface area contributed by atoms with Gasteiger partial charge in [-0.25, -0.2) is 0 Å². The first kappa shape index (κ1) is 19.4. The van der Waals surface area contributed by atoms with Crippen LogP contribution in [-0.4, -0.2) is 33.5 Å². The fraction of sp³-hybridized carbons (Fsp3) is 0.455. The van der Waals surface area contributed by atoms with Crippen molar-refractivity contribution >= 4 is 0 Å². The number of hydrogen-bond acceptors (Lipinski definition) is 5. The molecule has 5 heteroatoms. The summed E-state index contributed by atoms with van der Waals surface area (Å²) in [7, 11) is 6.60. The third kappa shape index (κ3) is 3.21. The summed E-state index contributed by atoms with van der Waals surface area (Å²) in [6, 6.07) is 9.63. The number of benzene rings is 2. The number of methoxy groups -OCH3 is 4. The van der Waals surface area contributed by atoms with E-state index in [9.17, 15) is 5.11 Å². The molecule has 0 heterocycles. The van der Waals surface area contributed by atoms with Crippen molar-refractivity contribution in [2.45, 2.75) is 25.9 Å². The van der Waals surface area contributed by atoms with Crippen molar-refractivity contribution in [3.63, 3.8) is 0 Å². The van der Waals surface area contributed by atoms with Crippen molar-refractivity contribution in [3.8, 4) is 23.0 Å². The van der Waals surface area contributed by atoms with Crippen molar-refractivity contribution in [3.05, 3.63) is 47.0 Å². The van der Waals surface area contributed by atoms with Gasteiger partial charge in [0.15, 0.2) is 23.0 Å².